The molecule has 4 heterocycles. The van der Waals surface area contributed by atoms with E-state index in [1.165, 1.54) is 50.5 Å². The Morgan fingerprint density at radius 2 is 1.98 bits per heavy atom. The smallest absolute Gasteiger partial charge is 0.330 e. The van der Waals surface area contributed by atoms with E-state index in [1.807, 2.05) is 0 Å². The predicted octanol–water partition coefficient (Wildman–Crippen LogP) is 0.157. The molecule has 0 aromatic carbocycles. The zero-order valence-electron chi connectivity index (χ0n) is 25.2. The van der Waals surface area contributed by atoms with Gasteiger partial charge < -0.3 is 39.8 Å². The normalized spacial score (nSPS) is 24.1. The summed E-state index contributed by atoms with van der Waals surface area (Å²) in [5, 5.41) is 35.4. The van der Waals surface area contributed by atoms with Gasteiger partial charge in [0.25, 0.3) is 0 Å². The molecule has 1 unspecified atom stereocenters. The lowest BCUT2D eigenvalue weighted by Gasteiger charge is -2.27. The monoisotopic (exact) mass is 660 g/mol. The molecule has 1 fully saturated rings. The molecule has 1 saturated heterocycles. The first-order valence-corrected chi connectivity index (χ1v) is 16.6. The summed E-state index contributed by atoms with van der Waals surface area (Å²) in [7, 11) is 4.20. The van der Waals surface area contributed by atoms with Gasteiger partial charge in [0.2, 0.25) is 17.7 Å². The van der Waals surface area contributed by atoms with Crippen LogP contribution in [0.5, 0.6) is 11.8 Å². The molecule has 20 heteroatoms. The van der Waals surface area contributed by atoms with Crippen LogP contribution >= 0.6 is 18.1 Å². The molecule has 0 radical (unpaired) electrons. The van der Waals surface area contributed by atoms with Gasteiger partial charge in [-0.25, -0.2) is 14.9 Å². The van der Waals surface area contributed by atoms with Gasteiger partial charge in [0.1, 0.15) is 23.9 Å². The van der Waals surface area contributed by atoms with Gasteiger partial charge in [-0.15, -0.1) is 0 Å². The molecule has 0 spiro atoms. The summed E-state index contributed by atoms with van der Waals surface area (Å²) in [6, 6.07) is -1.09. The van der Waals surface area contributed by atoms with Gasteiger partial charge in [-0.1, -0.05) is 0 Å². The van der Waals surface area contributed by atoms with E-state index >= 15 is 0 Å². The average molecular weight is 661 g/mol. The van der Waals surface area contributed by atoms with Crippen LogP contribution in [0.3, 0.4) is 0 Å². The molecule has 3 aromatic heterocycles. The second kappa shape index (κ2) is 12.7. The van der Waals surface area contributed by atoms with Crippen LogP contribution in [0.2, 0.25) is 0 Å². The van der Waals surface area contributed by atoms with Crippen LogP contribution in [-0.2, 0) is 43.2 Å². The number of nitrogens with one attached hydrogen (secondary N) is 1. The number of rotatable bonds is 12. The summed E-state index contributed by atoms with van der Waals surface area (Å²) in [6.45, 7) is 1.53. The fourth-order valence-corrected chi connectivity index (χ4v) is 8.33. The SMILES string of the molecule is COc1nc(N)nc2c1ncn2[C@@H]1OC(CO[P@@](=O)(N[C@H](C)C(=O)OC(C)C)SCc2c(O)n(C)c(=O)n2C)[C@@H](O)[C@@]1(C)O. The Morgan fingerprint density at radius 3 is 2.57 bits per heavy atom. The number of nitrogens with zero attached hydrogens (tertiary/aromatic N) is 6. The van der Waals surface area contributed by atoms with Gasteiger partial charge in [0, 0.05) is 19.8 Å². The summed E-state index contributed by atoms with van der Waals surface area (Å²) in [4.78, 5) is 37.1. The number of fused-ring (bicyclic) bond motifs is 1. The van der Waals surface area contributed by atoms with Crippen LogP contribution in [0, 0.1) is 0 Å². The van der Waals surface area contributed by atoms with Gasteiger partial charge in [-0.3, -0.25) is 23.1 Å². The molecule has 44 heavy (non-hydrogen) atoms. The first-order valence-electron chi connectivity index (χ1n) is 13.4. The number of hydrogen-bond acceptors (Lipinski definition) is 15. The van der Waals surface area contributed by atoms with Crippen molar-refractivity contribution in [2.45, 2.75) is 69.6 Å². The second-order valence-corrected chi connectivity index (χ2v) is 15.0. The molecule has 0 amide bonds. The number of aromatic hydroxyl groups is 1. The summed E-state index contributed by atoms with van der Waals surface area (Å²) >= 11 is 0.704. The highest BCUT2D eigenvalue weighted by Gasteiger charge is 2.54. The lowest BCUT2D eigenvalue weighted by atomic mass is 9.96. The fraction of sp³-hybridized carbons (Fsp3) is 0.625. The minimum atomic E-state index is -4.06. The number of hydrogen-bond donors (Lipinski definition) is 5. The van der Waals surface area contributed by atoms with Crippen molar-refractivity contribution < 1.29 is 43.4 Å². The summed E-state index contributed by atoms with van der Waals surface area (Å²) < 4.78 is 39.9. The van der Waals surface area contributed by atoms with Crippen LogP contribution in [0.15, 0.2) is 11.1 Å². The number of methoxy groups -OCH3 is 1. The number of ether oxygens (including phenoxy) is 3. The molecule has 1 aliphatic rings. The second-order valence-electron chi connectivity index (χ2n) is 10.7. The molecule has 3 aromatic rings. The molecule has 0 saturated carbocycles. The number of esters is 1. The zero-order valence-corrected chi connectivity index (χ0v) is 26.9. The lowest BCUT2D eigenvalue weighted by molar-refractivity contribution is -0.149. The number of aliphatic hydroxyl groups excluding tert-OH is 1. The van der Waals surface area contributed by atoms with E-state index in [2.05, 4.69) is 20.0 Å². The lowest BCUT2D eigenvalue weighted by Crippen LogP contribution is -2.44. The minimum Gasteiger partial charge on any atom is -0.493 e. The number of aromatic nitrogens is 6. The maximum Gasteiger partial charge on any atom is 0.330 e. The van der Waals surface area contributed by atoms with E-state index < -0.39 is 61.2 Å². The van der Waals surface area contributed by atoms with Crippen LogP contribution in [-0.4, -0.2) is 93.6 Å². The molecule has 6 atom stereocenters. The van der Waals surface area contributed by atoms with E-state index in [9.17, 15) is 29.5 Å². The number of nitrogen functional groups attached to an aromatic ring is 1. The highest BCUT2D eigenvalue weighted by atomic mass is 32.7. The predicted molar refractivity (Wildman–Crippen MR) is 158 cm³/mol. The highest BCUT2D eigenvalue weighted by Crippen LogP contribution is 2.58. The molecule has 6 N–H and O–H groups in total. The Morgan fingerprint density at radius 1 is 1.30 bits per heavy atom. The first-order chi connectivity index (χ1) is 20.5. The summed E-state index contributed by atoms with van der Waals surface area (Å²) in [5.41, 5.74) is 3.96. The standard InChI is InChI=1S/C24H37N8O10PS/c1-11(2)41-20(35)12(3)29-43(38,44-9-13-19(34)31(6)23(36)30(13)5)40-8-14-16(33)24(4,37)21(42-14)32-10-26-15-17(32)27-22(25)28-18(15)39-7/h10-12,14,16,21,33-34,37H,8-9H2,1-7H3,(H,29,38)(H2,25,27,28)/t12-,14?,16-,21-,24-,43+/m1/s1. The van der Waals surface area contributed by atoms with Crippen molar-refractivity contribution >= 4 is 41.2 Å². The summed E-state index contributed by atoms with van der Waals surface area (Å²) in [6.07, 6.45) is -3.14. The van der Waals surface area contributed by atoms with E-state index in [0.29, 0.717) is 11.4 Å². The molecule has 0 bridgehead atoms. The molecule has 4 rings (SSSR count). The Kier molecular flexibility index (Phi) is 9.70. The van der Waals surface area contributed by atoms with Crippen LogP contribution in [0.4, 0.5) is 5.95 Å². The van der Waals surface area contributed by atoms with Gasteiger partial charge in [-0.05, 0) is 39.1 Å². The fourth-order valence-electron chi connectivity index (χ4n) is 4.59. The third-order valence-corrected chi connectivity index (χ3v) is 11.0. The number of aliphatic hydroxyl groups is 2. The Hall–Kier alpha value is -3.19. The Bertz CT molecular complexity index is 1640. The molecule has 1 aliphatic heterocycles. The number of nitrogens with two attached hydrogens (primary N) is 1. The van der Waals surface area contributed by atoms with Crippen molar-refractivity contribution in [1.29, 1.82) is 0 Å². The Labute approximate surface area is 255 Å². The van der Waals surface area contributed by atoms with Gasteiger partial charge in [0.15, 0.2) is 17.4 Å². The van der Waals surface area contributed by atoms with Crippen molar-refractivity contribution in [1.82, 2.24) is 33.7 Å². The molecule has 18 nitrogen and oxygen atoms in total. The van der Waals surface area contributed by atoms with E-state index in [4.69, 9.17) is 24.5 Å². The number of anilines is 1. The highest BCUT2D eigenvalue weighted by molar-refractivity contribution is 8.55. The van der Waals surface area contributed by atoms with Gasteiger partial charge >= 0.3 is 18.4 Å². The van der Waals surface area contributed by atoms with E-state index in [-0.39, 0.29) is 40.3 Å². The number of carbonyl (C=O) groups is 1. The van der Waals surface area contributed by atoms with Crippen LogP contribution in [0.1, 0.15) is 39.6 Å². The average Bonchev–Trinajstić information content (AvgIpc) is 3.52. The minimum absolute atomic E-state index is 0.0976. The van der Waals surface area contributed by atoms with Crippen molar-refractivity contribution in [2.24, 2.45) is 14.1 Å². The maximum atomic E-state index is 14.1. The topological polar surface area (TPSA) is 240 Å². The van der Waals surface area contributed by atoms with Gasteiger partial charge in [0.05, 0.1) is 31.8 Å². The van der Waals surface area contributed by atoms with Crippen LogP contribution in [0.25, 0.3) is 11.2 Å². The number of carbonyl (C=O) groups excluding carboxylic acids is 1. The van der Waals surface area contributed by atoms with Crippen molar-refractivity contribution in [3.8, 4) is 11.8 Å². The molecule has 244 valence electrons. The van der Waals surface area contributed by atoms with Gasteiger partial charge in [-0.2, -0.15) is 9.97 Å². The first kappa shape index (κ1) is 33.7. The number of imidazole rings is 2. The van der Waals surface area contributed by atoms with Crippen molar-refractivity contribution in [2.75, 3.05) is 19.5 Å². The van der Waals surface area contributed by atoms with E-state index in [0.717, 1.165) is 4.57 Å². The zero-order chi connectivity index (χ0) is 32.7. The maximum absolute atomic E-state index is 14.1. The van der Waals surface area contributed by atoms with Crippen LogP contribution < -0.4 is 21.2 Å². The third kappa shape index (κ3) is 6.44. The molecular weight excluding hydrogens is 623 g/mol. The molecule has 0 aliphatic carbocycles. The quantitative estimate of drug-likeness (QED) is 0.128. The third-order valence-electron chi connectivity index (χ3n) is 7.00. The van der Waals surface area contributed by atoms with Crippen molar-refractivity contribution in [3.63, 3.8) is 0 Å². The summed E-state index contributed by atoms with van der Waals surface area (Å²) in [5.74, 6) is -1.20. The van der Waals surface area contributed by atoms with E-state index in [1.54, 1.807) is 13.8 Å². The molecular formula is C24H37N8O10PS. The largest absolute Gasteiger partial charge is 0.493 e. The van der Waals surface area contributed by atoms with Crippen molar-refractivity contribution in [3.05, 3.63) is 22.5 Å². The Balaban J connectivity index is 1.58.